The molecule has 3 heterocycles. The van der Waals surface area contributed by atoms with Gasteiger partial charge in [-0.2, -0.15) is 18.4 Å². The molecule has 0 saturated carbocycles. The maximum Gasteiger partial charge on any atom is 0.420 e. The molecule has 0 spiro atoms. The average molecular weight is 534 g/mol. The number of hydrogen-bond donors (Lipinski definition) is 0. The van der Waals surface area contributed by atoms with E-state index in [1.807, 2.05) is 12.1 Å². The molecule has 0 aliphatic carbocycles. The molecule has 0 bridgehead atoms. The third-order valence-electron chi connectivity index (χ3n) is 6.93. The number of ether oxygens (including phenoxy) is 3. The number of carbonyl (C=O) groups is 1. The van der Waals surface area contributed by atoms with Gasteiger partial charge in [0.1, 0.15) is 23.0 Å². The molecule has 0 radical (unpaired) electrons. The molecule has 10 heteroatoms. The minimum Gasteiger partial charge on any atom is -0.457 e. The molecule has 0 atom stereocenters. The van der Waals surface area contributed by atoms with E-state index >= 15 is 0 Å². The van der Waals surface area contributed by atoms with Crippen molar-refractivity contribution in [1.82, 2.24) is 4.90 Å². The topological polar surface area (TPSA) is 75.0 Å². The van der Waals surface area contributed by atoms with Crippen LogP contribution >= 0.6 is 0 Å². The molecule has 1 amide bonds. The number of anilines is 1. The highest BCUT2D eigenvalue weighted by molar-refractivity contribution is 6.36. The fraction of sp³-hybridized carbons (Fsp3) is 0.241. The number of benzene rings is 3. The van der Waals surface area contributed by atoms with Crippen molar-refractivity contribution < 1.29 is 32.2 Å². The SMILES string of the molecule is N#Cc1ccc(Oc2ccc3c(c2)Oc2cccc4c2C(=C3)C(=O)N4CCN2CCOCC2)c(C(F)(F)F)c1. The van der Waals surface area contributed by atoms with E-state index in [2.05, 4.69) is 4.90 Å². The Morgan fingerprint density at radius 3 is 2.59 bits per heavy atom. The monoisotopic (exact) mass is 533 g/mol. The van der Waals surface area contributed by atoms with Gasteiger partial charge in [0.05, 0.1) is 47.2 Å². The van der Waals surface area contributed by atoms with Gasteiger partial charge in [-0.25, -0.2) is 0 Å². The van der Waals surface area contributed by atoms with Crippen LogP contribution in [0, 0.1) is 11.3 Å². The second-order valence-electron chi connectivity index (χ2n) is 9.34. The Balaban J connectivity index is 1.30. The number of carbonyl (C=O) groups excluding carboxylic acids is 1. The Morgan fingerprint density at radius 2 is 1.82 bits per heavy atom. The summed E-state index contributed by atoms with van der Waals surface area (Å²) in [5, 5.41) is 9.00. The van der Waals surface area contributed by atoms with E-state index in [9.17, 15) is 18.0 Å². The molecule has 39 heavy (non-hydrogen) atoms. The molecule has 1 fully saturated rings. The van der Waals surface area contributed by atoms with Gasteiger partial charge < -0.3 is 19.1 Å². The summed E-state index contributed by atoms with van der Waals surface area (Å²) < 4.78 is 58.0. The van der Waals surface area contributed by atoms with E-state index in [4.69, 9.17) is 19.5 Å². The summed E-state index contributed by atoms with van der Waals surface area (Å²) in [4.78, 5) is 17.5. The molecule has 0 unspecified atom stereocenters. The Morgan fingerprint density at radius 1 is 1.00 bits per heavy atom. The zero-order chi connectivity index (χ0) is 27.1. The van der Waals surface area contributed by atoms with E-state index in [0.717, 1.165) is 37.5 Å². The lowest BCUT2D eigenvalue weighted by Crippen LogP contribution is -2.42. The van der Waals surface area contributed by atoms with Gasteiger partial charge in [0.15, 0.2) is 0 Å². The predicted octanol–water partition coefficient (Wildman–Crippen LogP) is 5.69. The quantitative estimate of drug-likeness (QED) is 0.419. The van der Waals surface area contributed by atoms with Gasteiger partial charge in [0.25, 0.3) is 5.91 Å². The van der Waals surface area contributed by atoms with Gasteiger partial charge in [-0.3, -0.25) is 9.69 Å². The molecule has 198 valence electrons. The summed E-state index contributed by atoms with van der Waals surface area (Å²) in [6, 6.07) is 15.0. The summed E-state index contributed by atoms with van der Waals surface area (Å²) in [6.07, 6.45) is -2.96. The molecule has 7 nitrogen and oxygen atoms in total. The van der Waals surface area contributed by atoms with Gasteiger partial charge >= 0.3 is 6.18 Å². The molecular weight excluding hydrogens is 511 g/mol. The third kappa shape index (κ3) is 4.71. The number of morpholine rings is 1. The van der Waals surface area contributed by atoms with Crippen molar-refractivity contribution in [3.05, 3.63) is 76.9 Å². The first-order valence-corrected chi connectivity index (χ1v) is 12.4. The first kappa shape index (κ1) is 25.0. The van der Waals surface area contributed by atoms with E-state index in [-0.39, 0.29) is 17.2 Å². The molecule has 6 rings (SSSR count). The highest BCUT2D eigenvalue weighted by Crippen LogP contribution is 2.48. The van der Waals surface area contributed by atoms with Gasteiger partial charge in [-0.15, -0.1) is 0 Å². The molecule has 3 aliphatic heterocycles. The minimum absolute atomic E-state index is 0.119. The van der Waals surface area contributed by atoms with E-state index in [0.29, 0.717) is 48.0 Å². The van der Waals surface area contributed by atoms with Crippen LogP contribution < -0.4 is 14.4 Å². The molecule has 0 aromatic heterocycles. The summed E-state index contributed by atoms with van der Waals surface area (Å²) in [5.74, 6) is 0.383. The molecule has 0 N–H and O–H groups in total. The van der Waals surface area contributed by atoms with Crippen molar-refractivity contribution in [3.63, 3.8) is 0 Å². The minimum atomic E-state index is -4.71. The highest BCUT2D eigenvalue weighted by Gasteiger charge is 2.37. The Bertz CT molecular complexity index is 1540. The van der Waals surface area contributed by atoms with Crippen LogP contribution in [0.15, 0.2) is 54.6 Å². The Hall–Kier alpha value is -4.33. The first-order chi connectivity index (χ1) is 18.8. The molecular formula is C29H22F3N3O4. The lowest BCUT2D eigenvalue weighted by Gasteiger charge is -2.28. The van der Waals surface area contributed by atoms with Crippen LogP contribution in [0.3, 0.4) is 0 Å². The normalized spacial score (nSPS) is 16.5. The highest BCUT2D eigenvalue weighted by atomic mass is 19.4. The number of hydrogen-bond acceptors (Lipinski definition) is 6. The molecule has 3 aromatic rings. The number of halogens is 3. The second kappa shape index (κ2) is 9.76. The zero-order valence-electron chi connectivity index (χ0n) is 20.6. The predicted molar refractivity (Wildman–Crippen MR) is 137 cm³/mol. The van der Waals surface area contributed by atoms with Crippen molar-refractivity contribution >= 4 is 23.2 Å². The molecule has 3 aromatic carbocycles. The Labute approximate surface area is 222 Å². The molecule has 3 aliphatic rings. The standard InChI is InChI=1S/C29H22F3N3O4/c30-29(31,32)22-14-18(17-33)4-7-24(22)38-20-6-5-19-15-21-27-23(2-1-3-25(27)39-26(19)16-20)35(28(21)36)9-8-34-10-12-37-13-11-34/h1-7,14-16H,8-13H2. The summed E-state index contributed by atoms with van der Waals surface area (Å²) in [7, 11) is 0. The number of alkyl halides is 3. The maximum atomic E-state index is 13.6. The van der Waals surface area contributed by atoms with Crippen molar-refractivity contribution in [2.75, 3.05) is 44.3 Å². The van der Waals surface area contributed by atoms with E-state index < -0.39 is 17.5 Å². The van der Waals surface area contributed by atoms with E-state index in [1.165, 1.54) is 18.2 Å². The summed E-state index contributed by atoms with van der Waals surface area (Å²) >= 11 is 0. The summed E-state index contributed by atoms with van der Waals surface area (Å²) in [6.45, 7) is 4.26. The van der Waals surface area contributed by atoms with Gasteiger partial charge in [-0.05, 0) is 48.5 Å². The largest absolute Gasteiger partial charge is 0.457 e. The van der Waals surface area contributed by atoms with Crippen LogP contribution in [0.2, 0.25) is 0 Å². The Kier molecular flexibility index (Phi) is 6.25. The van der Waals surface area contributed by atoms with Crippen LogP contribution in [0.4, 0.5) is 18.9 Å². The summed E-state index contributed by atoms with van der Waals surface area (Å²) in [5.41, 5.74) is 1.37. The first-order valence-electron chi connectivity index (χ1n) is 12.4. The number of nitrogens with zero attached hydrogens (tertiary/aromatic N) is 3. The van der Waals surface area contributed by atoms with Crippen molar-refractivity contribution in [2.24, 2.45) is 0 Å². The lowest BCUT2D eigenvalue weighted by molar-refractivity contribution is -0.138. The smallest absolute Gasteiger partial charge is 0.420 e. The van der Waals surface area contributed by atoms with Crippen molar-refractivity contribution in [1.29, 1.82) is 5.26 Å². The van der Waals surface area contributed by atoms with Crippen LogP contribution in [-0.2, 0) is 15.7 Å². The van der Waals surface area contributed by atoms with Crippen molar-refractivity contribution in [3.8, 4) is 29.1 Å². The maximum absolute atomic E-state index is 13.6. The van der Waals surface area contributed by atoms with E-state index in [1.54, 1.807) is 29.2 Å². The lowest BCUT2D eigenvalue weighted by atomic mass is 10.0. The zero-order valence-corrected chi connectivity index (χ0v) is 20.6. The second-order valence-corrected chi connectivity index (χ2v) is 9.34. The third-order valence-corrected chi connectivity index (χ3v) is 6.93. The van der Waals surface area contributed by atoms with Gasteiger partial charge in [-0.1, -0.05) is 6.07 Å². The van der Waals surface area contributed by atoms with Crippen molar-refractivity contribution in [2.45, 2.75) is 6.18 Å². The van der Waals surface area contributed by atoms with Crippen LogP contribution in [-0.4, -0.2) is 50.2 Å². The average Bonchev–Trinajstić information content (AvgIpc) is 3.08. The number of rotatable bonds is 5. The number of fused-ring (bicyclic) bond motifs is 1. The molecule has 1 saturated heterocycles. The fourth-order valence-corrected chi connectivity index (χ4v) is 4.98. The van der Waals surface area contributed by atoms with Crippen LogP contribution in [0.25, 0.3) is 11.6 Å². The van der Waals surface area contributed by atoms with Gasteiger partial charge in [0, 0.05) is 37.8 Å². The van der Waals surface area contributed by atoms with Gasteiger partial charge in [0.2, 0.25) is 0 Å². The van der Waals surface area contributed by atoms with Crippen LogP contribution in [0.1, 0.15) is 22.3 Å². The number of nitriles is 1. The van der Waals surface area contributed by atoms with Crippen LogP contribution in [0.5, 0.6) is 23.0 Å². The fourth-order valence-electron chi connectivity index (χ4n) is 4.98. The number of amides is 1.